The highest BCUT2D eigenvalue weighted by Gasteiger charge is 2.34. The lowest BCUT2D eigenvalue weighted by Gasteiger charge is -2.05. The van der Waals surface area contributed by atoms with E-state index in [9.17, 15) is 13.2 Å². The van der Waals surface area contributed by atoms with Crippen LogP contribution in [0.3, 0.4) is 0 Å². The fourth-order valence-corrected chi connectivity index (χ4v) is 2.13. The third-order valence-electron chi connectivity index (χ3n) is 2.28. The molecule has 18 heavy (non-hydrogen) atoms. The molecule has 1 N–H and O–H groups in total. The van der Waals surface area contributed by atoms with Crippen molar-refractivity contribution in [2.24, 2.45) is 0 Å². The minimum absolute atomic E-state index is 0.416. The Bertz CT molecular complexity index is 408. The molecule has 102 valence electrons. The Labute approximate surface area is 109 Å². The highest BCUT2D eigenvalue weighted by Crippen LogP contribution is 2.34. The van der Waals surface area contributed by atoms with E-state index in [-0.39, 0.29) is 0 Å². The first kappa shape index (κ1) is 15.2. The summed E-state index contributed by atoms with van der Waals surface area (Å²) in [6.07, 6.45) is -0.329. The third-order valence-corrected chi connectivity index (χ3v) is 3.46. The number of nitrogens with one attached hydrogen (secondary N) is 1. The molecule has 0 bridgehead atoms. The van der Waals surface area contributed by atoms with Gasteiger partial charge in [-0.3, -0.25) is 0 Å². The maximum absolute atomic E-state index is 12.4. The molecule has 0 aliphatic rings. The van der Waals surface area contributed by atoms with Crippen molar-refractivity contribution >= 4 is 16.9 Å². The molecule has 0 fully saturated rings. The number of alkyl halides is 3. The maximum Gasteiger partial charge on any atom is 0.443 e. The van der Waals surface area contributed by atoms with E-state index in [0.29, 0.717) is 22.3 Å². The van der Waals surface area contributed by atoms with Gasteiger partial charge in [-0.1, -0.05) is 19.9 Å². The first-order valence-electron chi connectivity index (χ1n) is 5.74. The second-order valence-electron chi connectivity index (χ2n) is 4.31. The molecule has 6 heteroatoms. The van der Waals surface area contributed by atoms with Crippen LogP contribution in [0.5, 0.6) is 0 Å². The SMILES string of the molecule is C/C(=C/CCNC(C)C)c1cnc(C(F)(F)F)s1. The lowest BCUT2D eigenvalue weighted by atomic mass is 10.2. The van der Waals surface area contributed by atoms with E-state index < -0.39 is 11.2 Å². The molecule has 0 unspecified atom stereocenters. The molecule has 0 aromatic carbocycles. The molecule has 1 rings (SSSR count). The summed E-state index contributed by atoms with van der Waals surface area (Å²) < 4.78 is 37.1. The van der Waals surface area contributed by atoms with E-state index in [2.05, 4.69) is 24.1 Å². The molecule has 0 atom stereocenters. The van der Waals surface area contributed by atoms with Crippen LogP contribution < -0.4 is 5.32 Å². The van der Waals surface area contributed by atoms with E-state index in [1.807, 2.05) is 13.0 Å². The Morgan fingerprint density at radius 3 is 2.67 bits per heavy atom. The molecule has 0 radical (unpaired) electrons. The Balaban J connectivity index is 2.58. The smallest absolute Gasteiger partial charge is 0.314 e. The Morgan fingerprint density at radius 1 is 1.50 bits per heavy atom. The molecule has 2 nitrogen and oxygen atoms in total. The Hall–Kier alpha value is -0.880. The van der Waals surface area contributed by atoms with Gasteiger partial charge in [-0.2, -0.15) is 13.2 Å². The quantitative estimate of drug-likeness (QED) is 0.825. The van der Waals surface area contributed by atoms with Gasteiger partial charge in [-0.05, 0) is 25.5 Å². The molecular formula is C12H17F3N2S. The van der Waals surface area contributed by atoms with Crippen LogP contribution in [-0.2, 0) is 6.18 Å². The first-order chi connectivity index (χ1) is 8.30. The minimum Gasteiger partial charge on any atom is -0.314 e. The van der Waals surface area contributed by atoms with Gasteiger partial charge in [0.15, 0.2) is 5.01 Å². The van der Waals surface area contributed by atoms with Crippen LogP contribution in [0, 0.1) is 0 Å². The standard InChI is InChI=1S/C12H17F3N2S/c1-8(2)16-6-4-5-9(3)10-7-17-11(18-10)12(13,14)15/h5,7-8,16H,4,6H2,1-3H3/b9-5-. The van der Waals surface area contributed by atoms with Gasteiger partial charge >= 0.3 is 6.18 Å². The topological polar surface area (TPSA) is 24.9 Å². The third kappa shape index (κ3) is 4.78. The summed E-state index contributed by atoms with van der Waals surface area (Å²) >= 11 is 0.687. The van der Waals surface area contributed by atoms with Crippen molar-refractivity contribution < 1.29 is 13.2 Å². The molecule has 1 aromatic rings. The number of halogens is 3. The molecule has 0 aliphatic heterocycles. The van der Waals surface area contributed by atoms with Gasteiger partial charge in [0.25, 0.3) is 0 Å². The second kappa shape index (κ2) is 6.33. The first-order valence-corrected chi connectivity index (χ1v) is 6.56. The molecule has 0 amide bonds. The Morgan fingerprint density at radius 2 is 2.17 bits per heavy atom. The summed E-state index contributed by atoms with van der Waals surface area (Å²) in [6.45, 7) is 6.73. The van der Waals surface area contributed by atoms with Gasteiger partial charge in [0.2, 0.25) is 0 Å². The van der Waals surface area contributed by atoms with Crippen LogP contribution in [0.1, 0.15) is 37.1 Å². The molecule has 0 saturated heterocycles. The summed E-state index contributed by atoms with van der Waals surface area (Å²) in [5.41, 5.74) is 0.841. The van der Waals surface area contributed by atoms with Crippen LogP contribution in [-0.4, -0.2) is 17.6 Å². The number of allylic oxidation sites excluding steroid dienone is 1. The summed E-state index contributed by atoms with van der Waals surface area (Å²) in [4.78, 5) is 3.98. The van der Waals surface area contributed by atoms with Crippen LogP contribution in [0.4, 0.5) is 13.2 Å². The normalized spacial score (nSPS) is 13.4. The van der Waals surface area contributed by atoms with E-state index in [0.717, 1.165) is 18.5 Å². The average molecular weight is 278 g/mol. The van der Waals surface area contributed by atoms with Crippen molar-refractivity contribution in [1.29, 1.82) is 0 Å². The van der Waals surface area contributed by atoms with Gasteiger partial charge in [-0.25, -0.2) is 4.98 Å². The summed E-state index contributed by atoms with van der Waals surface area (Å²) in [6, 6.07) is 0.416. The summed E-state index contributed by atoms with van der Waals surface area (Å²) in [7, 11) is 0. The number of rotatable bonds is 5. The predicted molar refractivity (Wildman–Crippen MR) is 68.5 cm³/mol. The minimum atomic E-state index is -4.34. The number of aromatic nitrogens is 1. The molecule has 0 saturated carbocycles. The fourth-order valence-electron chi connectivity index (χ4n) is 1.35. The lowest BCUT2D eigenvalue weighted by molar-refractivity contribution is -0.137. The van der Waals surface area contributed by atoms with Crippen molar-refractivity contribution in [3.63, 3.8) is 0 Å². The number of thiazole rings is 1. The van der Waals surface area contributed by atoms with Crippen LogP contribution in [0.2, 0.25) is 0 Å². The van der Waals surface area contributed by atoms with Crippen molar-refractivity contribution in [3.8, 4) is 0 Å². The van der Waals surface area contributed by atoms with E-state index >= 15 is 0 Å². The molecule has 1 aromatic heterocycles. The lowest BCUT2D eigenvalue weighted by Crippen LogP contribution is -2.23. The van der Waals surface area contributed by atoms with Gasteiger partial charge in [0, 0.05) is 12.2 Å². The van der Waals surface area contributed by atoms with Crippen molar-refractivity contribution in [3.05, 3.63) is 22.2 Å². The molecule has 1 heterocycles. The molecular weight excluding hydrogens is 261 g/mol. The number of nitrogens with zero attached hydrogens (tertiary/aromatic N) is 1. The Kier molecular flexibility index (Phi) is 5.34. The highest BCUT2D eigenvalue weighted by atomic mass is 32.1. The zero-order valence-corrected chi connectivity index (χ0v) is 11.5. The van der Waals surface area contributed by atoms with Gasteiger partial charge < -0.3 is 5.32 Å². The molecule has 0 aliphatic carbocycles. The van der Waals surface area contributed by atoms with Crippen molar-refractivity contribution in [1.82, 2.24) is 10.3 Å². The van der Waals surface area contributed by atoms with Gasteiger partial charge in [-0.15, -0.1) is 11.3 Å². The van der Waals surface area contributed by atoms with Gasteiger partial charge in [0.05, 0.1) is 4.88 Å². The predicted octanol–water partition coefficient (Wildman–Crippen LogP) is 3.95. The van der Waals surface area contributed by atoms with Crippen LogP contribution in [0.25, 0.3) is 5.57 Å². The van der Waals surface area contributed by atoms with Crippen LogP contribution in [0.15, 0.2) is 12.3 Å². The van der Waals surface area contributed by atoms with E-state index in [4.69, 9.17) is 0 Å². The van der Waals surface area contributed by atoms with Gasteiger partial charge in [0.1, 0.15) is 0 Å². The van der Waals surface area contributed by atoms with Crippen molar-refractivity contribution in [2.45, 2.75) is 39.4 Å². The summed E-state index contributed by atoms with van der Waals surface area (Å²) in [5, 5.41) is 2.46. The second-order valence-corrected chi connectivity index (χ2v) is 5.34. The van der Waals surface area contributed by atoms with Crippen molar-refractivity contribution in [2.75, 3.05) is 6.54 Å². The van der Waals surface area contributed by atoms with Crippen LogP contribution >= 0.6 is 11.3 Å². The summed E-state index contributed by atoms with van der Waals surface area (Å²) in [5.74, 6) is 0. The maximum atomic E-state index is 12.4. The fraction of sp³-hybridized carbons (Fsp3) is 0.583. The largest absolute Gasteiger partial charge is 0.443 e. The average Bonchev–Trinajstić information content (AvgIpc) is 2.72. The number of hydrogen-bond donors (Lipinski definition) is 1. The monoisotopic (exact) mass is 278 g/mol. The van der Waals surface area contributed by atoms with E-state index in [1.54, 1.807) is 0 Å². The number of hydrogen-bond acceptors (Lipinski definition) is 3. The zero-order valence-electron chi connectivity index (χ0n) is 10.6. The highest BCUT2D eigenvalue weighted by molar-refractivity contribution is 7.12. The molecule has 0 spiro atoms. The van der Waals surface area contributed by atoms with E-state index in [1.165, 1.54) is 6.20 Å². The zero-order chi connectivity index (χ0) is 13.8.